The molecular weight excluding hydrogens is 316 g/mol. The van der Waals surface area contributed by atoms with Crippen LogP contribution in [0.15, 0.2) is 42.9 Å². The Balaban J connectivity index is 1.49. The van der Waals surface area contributed by atoms with E-state index in [2.05, 4.69) is 27.2 Å². The van der Waals surface area contributed by atoms with E-state index < -0.39 is 0 Å². The summed E-state index contributed by atoms with van der Waals surface area (Å²) >= 11 is 0. The molecule has 4 rings (SSSR count). The molecule has 3 aromatic heterocycles. The average Bonchev–Trinajstić information content (AvgIpc) is 3.11. The molecule has 1 N–H and O–H groups in total. The first-order valence-electron chi connectivity index (χ1n) is 8.48. The van der Waals surface area contributed by atoms with Crippen LogP contribution < -0.4 is 4.74 Å². The van der Waals surface area contributed by atoms with Gasteiger partial charge in [0.2, 0.25) is 5.88 Å². The van der Waals surface area contributed by atoms with Crippen LogP contribution in [0, 0.1) is 0 Å². The van der Waals surface area contributed by atoms with Gasteiger partial charge in [-0.1, -0.05) is 0 Å². The van der Waals surface area contributed by atoms with Gasteiger partial charge in [0.1, 0.15) is 11.2 Å². The fourth-order valence-corrected chi connectivity index (χ4v) is 3.60. The summed E-state index contributed by atoms with van der Waals surface area (Å²) in [5.74, 6) is 0.819. The van der Waals surface area contributed by atoms with Crippen LogP contribution in [0.2, 0.25) is 0 Å². The largest absolute Gasteiger partial charge is 0.480 e. The molecule has 0 aliphatic carbocycles. The lowest BCUT2D eigenvalue weighted by Crippen LogP contribution is -2.38. The van der Waals surface area contributed by atoms with Gasteiger partial charge < -0.3 is 14.6 Å². The van der Waals surface area contributed by atoms with E-state index in [4.69, 9.17) is 4.74 Å². The third kappa shape index (κ3) is 2.84. The molecule has 1 amide bonds. The number of likely N-dealkylation sites (tertiary alicyclic amines) is 1. The predicted octanol–water partition coefficient (Wildman–Crippen LogP) is 2.99. The number of amides is 1. The summed E-state index contributed by atoms with van der Waals surface area (Å²) in [7, 11) is 1.54. The molecule has 0 bridgehead atoms. The van der Waals surface area contributed by atoms with Crippen molar-refractivity contribution in [1.29, 1.82) is 0 Å². The number of aromatic nitrogens is 3. The van der Waals surface area contributed by atoms with Crippen molar-refractivity contribution in [3.63, 3.8) is 0 Å². The van der Waals surface area contributed by atoms with Crippen molar-refractivity contribution in [2.45, 2.75) is 18.8 Å². The zero-order chi connectivity index (χ0) is 17.2. The molecule has 0 aromatic carbocycles. The van der Waals surface area contributed by atoms with Crippen LogP contribution in [-0.4, -0.2) is 46.0 Å². The van der Waals surface area contributed by atoms with Crippen LogP contribution in [0.25, 0.3) is 11.0 Å². The smallest absolute Gasteiger partial charge is 0.259 e. The zero-order valence-corrected chi connectivity index (χ0v) is 14.1. The fourth-order valence-electron chi connectivity index (χ4n) is 3.60. The molecule has 6 nitrogen and oxygen atoms in total. The van der Waals surface area contributed by atoms with Gasteiger partial charge in [-0.15, -0.1) is 0 Å². The molecule has 0 saturated carbocycles. The zero-order valence-electron chi connectivity index (χ0n) is 14.1. The predicted molar refractivity (Wildman–Crippen MR) is 94.8 cm³/mol. The molecule has 1 saturated heterocycles. The van der Waals surface area contributed by atoms with Crippen molar-refractivity contribution < 1.29 is 9.53 Å². The van der Waals surface area contributed by atoms with Crippen molar-refractivity contribution in [3.8, 4) is 5.88 Å². The number of nitrogens with one attached hydrogen (secondary N) is 1. The number of carbonyl (C=O) groups excluding carboxylic acids is 1. The number of pyridine rings is 2. The molecule has 4 heterocycles. The van der Waals surface area contributed by atoms with Crippen LogP contribution in [-0.2, 0) is 0 Å². The maximum absolute atomic E-state index is 12.8. The van der Waals surface area contributed by atoms with Crippen molar-refractivity contribution in [2.75, 3.05) is 20.2 Å². The van der Waals surface area contributed by atoms with Crippen molar-refractivity contribution >= 4 is 16.9 Å². The number of hydrogen-bond acceptors (Lipinski definition) is 4. The Labute approximate surface area is 145 Å². The van der Waals surface area contributed by atoms with Gasteiger partial charge in [-0.05, 0) is 48.6 Å². The number of ether oxygens (including phenoxy) is 1. The van der Waals surface area contributed by atoms with Gasteiger partial charge in [0.05, 0.1) is 7.11 Å². The van der Waals surface area contributed by atoms with Gasteiger partial charge in [-0.3, -0.25) is 4.79 Å². The van der Waals surface area contributed by atoms with Gasteiger partial charge in [0.15, 0.2) is 0 Å². The monoisotopic (exact) mass is 336 g/mol. The van der Waals surface area contributed by atoms with Gasteiger partial charge in [0, 0.05) is 37.1 Å². The molecule has 6 heteroatoms. The van der Waals surface area contributed by atoms with Crippen LogP contribution in [0.3, 0.4) is 0 Å². The van der Waals surface area contributed by atoms with Crippen LogP contribution >= 0.6 is 0 Å². The lowest BCUT2D eigenvalue weighted by Gasteiger charge is -2.32. The Hall–Kier alpha value is -2.89. The molecule has 1 aliphatic rings. The van der Waals surface area contributed by atoms with Crippen LogP contribution in [0.4, 0.5) is 0 Å². The average molecular weight is 336 g/mol. The number of nitrogens with zero attached hydrogens (tertiary/aromatic N) is 3. The second-order valence-electron chi connectivity index (χ2n) is 6.27. The van der Waals surface area contributed by atoms with Crippen molar-refractivity contribution in [1.82, 2.24) is 19.9 Å². The topological polar surface area (TPSA) is 71.1 Å². The molecule has 1 fully saturated rings. The van der Waals surface area contributed by atoms with E-state index in [9.17, 15) is 4.79 Å². The number of aromatic amines is 1. The quantitative estimate of drug-likeness (QED) is 0.798. The number of carbonyl (C=O) groups is 1. The lowest BCUT2D eigenvalue weighted by molar-refractivity contribution is 0.0709. The van der Waals surface area contributed by atoms with Crippen molar-refractivity contribution in [2.24, 2.45) is 0 Å². The molecule has 25 heavy (non-hydrogen) atoms. The fraction of sp³-hybridized carbons (Fsp3) is 0.316. The minimum absolute atomic E-state index is 0.0102. The number of methoxy groups -OCH3 is 1. The van der Waals surface area contributed by atoms with Crippen LogP contribution in [0.1, 0.15) is 34.7 Å². The Kier molecular flexibility index (Phi) is 4.09. The minimum atomic E-state index is -0.0102. The second kappa shape index (κ2) is 6.55. The molecule has 0 atom stereocenters. The lowest BCUT2D eigenvalue weighted by atomic mass is 9.89. The maximum atomic E-state index is 12.8. The van der Waals surface area contributed by atoms with Gasteiger partial charge in [-0.2, -0.15) is 0 Å². The van der Waals surface area contributed by atoms with Gasteiger partial charge in [-0.25, -0.2) is 9.97 Å². The highest BCUT2D eigenvalue weighted by Gasteiger charge is 2.27. The first-order chi connectivity index (χ1) is 12.3. The Bertz CT molecular complexity index is 897. The Morgan fingerprint density at radius 1 is 1.20 bits per heavy atom. The molecule has 0 radical (unpaired) electrons. The SMILES string of the molecule is COc1ncccc1C(=O)N1CCC(c2c[nH]c3ncccc23)CC1. The van der Waals surface area contributed by atoms with E-state index in [0.717, 1.165) is 31.6 Å². The summed E-state index contributed by atoms with van der Waals surface area (Å²) in [6.07, 6.45) is 7.37. The minimum Gasteiger partial charge on any atom is -0.480 e. The number of hydrogen-bond donors (Lipinski definition) is 1. The highest BCUT2D eigenvalue weighted by Crippen LogP contribution is 2.33. The van der Waals surface area contributed by atoms with E-state index >= 15 is 0 Å². The third-order valence-electron chi connectivity index (χ3n) is 4.90. The summed E-state index contributed by atoms with van der Waals surface area (Å²) in [6.45, 7) is 1.46. The van der Waals surface area contributed by atoms with E-state index in [1.807, 2.05) is 11.0 Å². The first-order valence-corrected chi connectivity index (χ1v) is 8.48. The first kappa shape index (κ1) is 15.6. The Morgan fingerprint density at radius 2 is 1.96 bits per heavy atom. The molecule has 1 aliphatic heterocycles. The van der Waals surface area contributed by atoms with Crippen LogP contribution in [0.5, 0.6) is 5.88 Å². The molecule has 128 valence electrons. The molecule has 0 spiro atoms. The molecule has 3 aromatic rings. The molecular formula is C19H20N4O2. The number of piperidine rings is 1. The Morgan fingerprint density at radius 3 is 2.76 bits per heavy atom. The maximum Gasteiger partial charge on any atom is 0.259 e. The van der Waals surface area contributed by atoms with E-state index in [1.54, 1.807) is 24.5 Å². The molecule has 0 unspecified atom stereocenters. The van der Waals surface area contributed by atoms with Crippen molar-refractivity contribution in [3.05, 3.63) is 54.0 Å². The second-order valence-corrected chi connectivity index (χ2v) is 6.27. The number of fused-ring (bicyclic) bond motifs is 1. The summed E-state index contributed by atoms with van der Waals surface area (Å²) in [5.41, 5.74) is 2.75. The highest BCUT2D eigenvalue weighted by molar-refractivity contribution is 5.96. The van der Waals surface area contributed by atoms with E-state index in [1.165, 1.54) is 18.1 Å². The third-order valence-corrected chi connectivity index (χ3v) is 4.90. The normalized spacial score (nSPS) is 15.5. The van der Waals surface area contributed by atoms with E-state index in [-0.39, 0.29) is 5.91 Å². The number of H-pyrrole nitrogens is 1. The summed E-state index contributed by atoms with van der Waals surface area (Å²) < 4.78 is 5.22. The summed E-state index contributed by atoms with van der Waals surface area (Å²) in [5, 5.41) is 1.18. The summed E-state index contributed by atoms with van der Waals surface area (Å²) in [6, 6.07) is 7.60. The highest BCUT2D eigenvalue weighted by atomic mass is 16.5. The number of rotatable bonds is 3. The summed E-state index contributed by atoms with van der Waals surface area (Å²) in [4.78, 5) is 26.4. The van der Waals surface area contributed by atoms with Gasteiger partial charge in [0.25, 0.3) is 5.91 Å². The standard InChI is InChI=1S/C19H20N4O2/c1-25-18-15(5-3-9-21-18)19(24)23-10-6-13(7-11-23)16-12-22-17-14(16)4-2-8-20-17/h2-5,8-9,12-13H,6-7,10-11H2,1H3,(H,20,22). The van der Waals surface area contributed by atoms with E-state index in [0.29, 0.717) is 17.4 Å². The van der Waals surface area contributed by atoms with Gasteiger partial charge >= 0.3 is 0 Å².